The fourth-order valence-electron chi connectivity index (χ4n) is 2.26. The summed E-state index contributed by atoms with van der Waals surface area (Å²) in [5, 5.41) is 21.5. The van der Waals surface area contributed by atoms with Crippen LogP contribution in [0, 0.1) is 11.7 Å². The number of carboxylic acids is 1. The number of hydrogen-bond donors (Lipinski definition) is 3. The largest absolute Gasteiger partial charge is 0.504 e. The normalized spacial score (nSPS) is 22.5. The molecule has 1 aromatic rings. The van der Waals surface area contributed by atoms with Crippen LogP contribution in [0.1, 0.15) is 18.0 Å². The van der Waals surface area contributed by atoms with E-state index in [1.54, 1.807) is 0 Å². The van der Waals surface area contributed by atoms with E-state index in [1.807, 2.05) is 0 Å². The van der Waals surface area contributed by atoms with Crippen LogP contribution >= 0.6 is 15.9 Å². The molecule has 1 aliphatic heterocycles. The van der Waals surface area contributed by atoms with Gasteiger partial charge in [-0.25, -0.2) is 4.39 Å². The number of phenolic OH excluding ortho intramolecular Hbond substituents is 1. The summed E-state index contributed by atoms with van der Waals surface area (Å²) in [5.41, 5.74) is 0.276. The Morgan fingerprint density at radius 2 is 2.32 bits per heavy atom. The van der Waals surface area contributed by atoms with Crippen LogP contribution in [0.3, 0.4) is 0 Å². The van der Waals surface area contributed by atoms with Crippen molar-refractivity contribution in [2.45, 2.75) is 12.5 Å². The van der Waals surface area contributed by atoms with Crippen molar-refractivity contribution in [3.63, 3.8) is 0 Å². The highest BCUT2D eigenvalue weighted by molar-refractivity contribution is 9.10. The van der Waals surface area contributed by atoms with E-state index in [-0.39, 0.29) is 23.6 Å². The number of halogens is 2. The summed E-state index contributed by atoms with van der Waals surface area (Å²) in [6, 6.07) is 0.914. The molecular formula is C12H13BrFNO4. The summed E-state index contributed by atoms with van der Waals surface area (Å²) >= 11 is 3.19. The maximum Gasteiger partial charge on any atom is 0.307 e. The van der Waals surface area contributed by atoms with Crippen LogP contribution in [0.2, 0.25) is 0 Å². The average Bonchev–Trinajstić information content (AvgIpc) is 2.78. The lowest BCUT2D eigenvalue weighted by molar-refractivity contribution is -0.141. The molecule has 2 atom stereocenters. The van der Waals surface area contributed by atoms with Gasteiger partial charge < -0.3 is 20.3 Å². The van der Waals surface area contributed by atoms with E-state index in [0.29, 0.717) is 10.9 Å². The second-order valence-electron chi connectivity index (χ2n) is 4.37. The zero-order valence-electron chi connectivity index (χ0n) is 10.1. The minimum absolute atomic E-state index is 0.237. The Labute approximate surface area is 117 Å². The number of benzene rings is 1. The molecule has 0 bridgehead atoms. The number of carboxylic acid groups (broad SMARTS) is 1. The van der Waals surface area contributed by atoms with Crippen molar-refractivity contribution in [2.24, 2.45) is 5.92 Å². The zero-order chi connectivity index (χ0) is 14.2. The van der Waals surface area contributed by atoms with E-state index in [4.69, 9.17) is 9.84 Å². The Morgan fingerprint density at radius 3 is 2.84 bits per heavy atom. The van der Waals surface area contributed by atoms with Gasteiger partial charge in [-0.15, -0.1) is 0 Å². The minimum atomic E-state index is -0.905. The van der Waals surface area contributed by atoms with Gasteiger partial charge >= 0.3 is 5.97 Å². The summed E-state index contributed by atoms with van der Waals surface area (Å²) < 4.78 is 19.5. The number of aromatic hydroxyl groups is 1. The molecule has 1 heterocycles. The maximum atomic E-state index is 14.3. The summed E-state index contributed by atoms with van der Waals surface area (Å²) in [6.45, 7) is 0.287. The number of ether oxygens (including phenoxy) is 1. The topological polar surface area (TPSA) is 78.8 Å². The molecule has 1 saturated heterocycles. The van der Waals surface area contributed by atoms with Crippen molar-refractivity contribution in [2.75, 3.05) is 13.7 Å². The lowest BCUT2D eigenvalue weighted by Crippen LogP contribution is -2.18. The van der Waals surface area contributed by atoms with Crippen molar-refractivity contribution >= 4 is 21.9 Å². The molecular weight excluding hydrogens is 321 g/mol. The monoisotopic (exact) mass is 333 g/mol. The fourth-order valence-corrected chi connectivity index (χ4v) is 2.93. The summed E-state index contributed by atoms with van der Waals surface area (Å²) in [4.78, 5) is 10.9. The van der Waals surface area contributed by atoms with Crippen molar-refractivity contribution < 1.29 is 24.1 Å². The number of phenols is 1. The Morgan fingerprint density at radius 1 is 1.63 bits per heavy atom. The predicted octanol–water partition coefficient (Wildman–Crippen LogP) is 2.04. The van der Waals surface area contributed by atoms with Gasteiger partial charge in [-0.1, -0.05) is 15.9 Å². The Balaban J connectivity index is 2.38. The number of nitrogens with one attached hydrogen (secondary N) is 1. The first-order valence-corrected chi connectivity index (χ1v) is 6.46. The third-order valence-electron chi connectivity index (χ3n) is 3.22. The van der Waals surface area contributed by atoms with Crippen LogP contribution in [0.15, 0.2) is 10.5 Å². The first-order valence-electron chi connectivity index (χ1n) is 5.66. The molecule has 1 aromatic carbocycles. The second-order valence-corrected chi connectivity index (χ2v) is 5.22. The van der Waals surface area contributed by atoms with E-state index < -0.39 is 23.7 Å². The number of rotatable bonds is 3. The van der Waals surface area contributed by atoms with Crippen LogP contribution in [0.25, 0.3) is 0 Å². The van der Waals surface area contributed by atoms with Crippen molar-refractivity contribution in [3.8, 4) is 11.5 Å². The highest BCUT2D eigenvalue weighted by Gasteiger charge is 2.34. The van der Waals surface area contributed by atoms with Crippen molar-refractivity contribution in [3.05, 3.63) is 21.9 Å². The maximum absolute atomic E-state index is 14.3. The fraction of sp³-hybridized carbons (Fsp3) is 0.417. The van der Waals surface area contributed by atoms with Gasteiger partial charge in [0.25, 0.3) is 0 Å². The minimum Gasteiger partial charge on any atom is -0.504 e. The smallest absolute Gasteiger partial charge is 0.307 e. The first-order chi connectivity index (χ1) is 8.95. The van der Waals surface area contributed by atoms with E-state index in [0.717, 1.165) is 0 Å². The van der Waals surface area contributed by atoms with Gasteiger partial charge in [0, 0.05) is 22.6 Å². The lowest BCUT2D eigenvalue weighted by atomic mass is 9.99. The van der Waals surface area contributed by atoms with Gasteiger partial charge in [-0.05, 0) is 12.5 Å². The van der Waals surface area contributed by atoms with Crippen LogP contribution in [-0.2, 0) is 4.79 Å². The first kappa shape index (κ1) is 14.1. The van der Waals surface area contributed by atoms with Crippen molar-refractivity contribution in [1.29, 1.82) is 0 Å². The molecule has 19 heavy (non-hydrogen) atoms. The number of hydrogen-bond acceptors (Lipinski definition) is 4. The molecule has 5 nitrogen and oxygen atoms in total. The number of carbonyl (C=O) groups is 1. The molecule has 0 radical (unpaired) electrons. The van der Waals surface area contributed by atoms with Gasteiger partial charge in [0.2, 0.25) is 0 Å². The SMILES string of the molecule is COc1c(O)cc(Br)c(C2CC(C(=O)O)CN2)c1F. The Hall–Kier alpha value is -1.34. The molecule has 0 spiro atoms. The van der Waals surface area contributed by atoms with Gasteiger partial charge in [-0.2, -0.15) is 0 Å². The number of aliphatic carboxylic acids is 1. The molecule has 2 unspecified atom stereocenters. The molecule has 3 N–H and O–H groups in total. The average molecular weight is 334 g/mol. The highest BCUT2D eigenvalue weighted by atomic mass is 79.9. The predicted molar refractivity (Wildman–Crippen MR) is 68.8 cm³/mol. The number of methoxy groups -OCH3 is 1. The highest BCUT2D eigenvalue weighted by Crippen LogP contribution is 2.41. The van der Waals surface area contributed by atoms with E-state index in [1.165, 1.54) is 13.2 Å². The summed E-state index contributed by atoms with van der Waals surface area (Å²) in [7, 11) is 1.26. The summed E-state index contributed by atoms with van der Waals surface area (Å²) in [5.74, 6) is -2.67. The van der Waals surface area contributed by atoms with Gasteiger partial charge in [0.15, 0.2) is 17.3 Å². The van der Waals surface area contributed by atoms with Gasteiger partial charge in [0.05, 0.1) is 13.0 Å². The molecule has 2 rings (SSSR count). The molecule has 0 saturated carbocycles. The van der Waals surface area contributed by atoms with Crippen molar-refractivity contribution in [1.82, 2.24) is 5.32 Å². The molecule has 1 aliphatic rings. The second kappa shape index (κ2) is 5.34. The molecule has 0 amide bonds. The molecule has 0 aliphatic carbocycles. The quantitative estimate of drug-likeness (QED) is 0.788. The van der Waals surface area contributed by atoms with E-state index in [2.05, 4.69) is 21.2 Å². The third-order valence-corrected chi connectivity index (χ3v) is 3.88. The van der Waals surface area contributed by atoms with E-state index >= 15 is 0 Å². The molecule has 0 aromatic heterocycles. The van der Waals surface area contributed by atoms with Crippen LogP contribution in [0.4, 0.5) is 4.39 Å². The van der Waals surface area contributed by atoms with Gasteiger partial charge in [-0.3, -0.25) is 4.79 Å². The molecule has 7 heteroatoms. The molecule has 1 fully saturated rings. The van der Waals surface area contributed by atoms with Crippen LogP contribution < -0.4 is 10.1 Å². The van der Waals surface area contributed by atoms with Crippen LogP contribution in [0.5, 0.6) is 11.5 Å². The zero-order valence-corrected chi connectivity index (χ0v) is 11.7. The lowest BCUT2D eigenvalue weighted by Gasteiger charge is -2.17. The standard InChI is InChI=1S/C12H13BrFNO4/c1-19-11-8(16)3-6(13)9(10(11)14)7-2-5(4-15-7)12(17)18/h3,5,7,15-16H,2,4H2,1H3,(H,17,18). The Kier molecular flexibility index (Phi) is 3.96. The summed E-state index contributed by atoms with van der Waals surface area (Å²) in [6.07, 6.45) is 0.290. The van der Waals surface area contributed by atoms with Gasteiger partial charge in [0.1, 0.15) is 0 Å². The molecule has 104 valence electrons. The third kappa shape index (κ3) is 2.52. The van der Waals surface area contributed by atoms with E-state index in [9.17, 15) is 14.3 Å². The Bertz CT molecular complexity index is 523. The van der Waals surface area contributed by atoms with Crippen LogP contribution in [-0.4, -0.2) is 29.8 Å².